The van der Waals surface area contributed by atoms with Crippen LogP contribution < -0.4 is 4.74 Å². The minimum atomic E-state index is -0.250. The topological polar surface area (TPSA) is 62.9 Å². The van der Waals surface area contributed by atoms with E-state index in [0.29, 0.717) is 0 Å². The molecule has 3 rings (SSSR count). The van der Waals surface area contributed by atoms with Crippen molar-refractivity contribution >= 4 is 6.47 Å². The maximum Gasteiger partial charge on any atom is 0.290 e. The van der Waals surface area contributed by atoms with E-state index in [1.165, 1.54) is 11.1 Å². The molecule has 21 heavy (non-hydrogen) atoms. The number of hydrogen-bond donors (Lipinski definition) is 1. The summed E-state index contributed by atoms with van der Waals surface area (Å²) in [6.45, 7) is 1.58. The van der Waals surface area contributed by atoms with Gasteiger partial charge in [-0.3, -0.25) is 9.69 Å². The Morgan fingerprint density at radius 2 is 2.14 bits per heavy atom. The molecule has 0 fully saturated rings. The maximum atomic E-state index is 8.36. The van der Waals surface area contributed by atoms with E-state index >= 15 is 0 Å². The molecule has 2 heterocycles. The molecule has 2 aromatic rings. The van der Waals surface area contributed by atoms with Crippen molar-refractivity contribution in [2.45, 2.75) is 19.1 Å². The lowest BCUT2D eigenvalue weighted by Crippen LogP contribution is -2.31. The van der Waals surface area contributed by atoms with Crippen LogP contribution in [0.25, 0.3) is 0 Å². The van der Waals surface area contributed by atoms with Gasteiger partial charge >= 0.3 is 0 Å². The Morgan fingerprint density at radius 1 is 1.38 bits per heavy atom. The quantitative estimate of drug-likeness (QED) is 0.876. The Hall–Kier alpha value is -2.27. The van der Waals surface area contributed by atoms with Crippen molar-refractivity contribution in [3.8, 4) is 5.75 Å². The minimum Gasteiger partial charge on any atom is -0.488 e. The highest BCUT2D eigenvalue weighted by Crippen LogP contribution is 2.28. The van der Waals surface area contributed by atoms with Gasteiger partial charge in [0.05, 0.1) is 12.5 Å². The van der Waals surface area contributed by atoms with Gasteiger partial charge in [0.1, 0.15) is 11.9 Å². The van der Waals surface area contributed by atoms with E-state index in [0.717, 1.165) is 25.3 Å². The molecule has 0 radical (unpaired) electrons. The average molecular weight is 289 g/mol. The first-order valence-corrected chi connectivity index (χ1v) is 6.75. The molecule has 5 nitrogen and oxygen atoms in total. The Labute approximate surface area is 123 Å². The van der Waals surface area contributed by atoms with Crippen LogP contribution >= 0.6 is 0 Å². The zero-order valence-electron chi connectivity index (χ0n) is 11.9. The largest absolute Gasteiger partial charge is 0.488 e. The van der Waals surface area contributed by atoms with Crippen LogP contribution in [0, 0.1) is 0 Å². The zero-order chi connectivity index (χ0) is 15.1. The fourth-order valence-electron chi connectivity index (χ4n) is 2.46. The number of benzene rings is 1. The van der Waals surface area contributed by atoms with Crippen LogP contribution in [0.5, 0.6) is 5.75 Å². The standard InChI is InChI=1S/C15H17NO2.CH2O2/c1-16(9-12-6-7-17-11-12)10-14-8-13-4-2-3-5-15(13)18-14;2-1-3/h2-7,11,14H,8-10H2,1H3;1H,(H,2,3). The molecule has 0 aliphatic carbocycles. The first kappa shape index (κ1) is 15.1. The second-order valence-corrected chi connectivity index (χ2v) is 4.99. The highest BCUT2D eigenvalue weighted by Gasteiger charge is 2.23. The number of furan rings is 1. The van der Waals surface area contributed by atoms with Crippen molar-refractivity contribution in [2.75, 3.05) is 13.6 Å². The summed E-state index contributed by atoms with van der Waals surface area (Å²) >= 11 is 0. The van der Waals surface area contributed by atoms with E-state index in [9.17, 15) is 0 Å². The molecule has 1 aromatic carbocycles. The molecular formula is C16H19NO4. The number of likely N-dealkylation sites (N-methyl/N-ethyl adjacent to an activating group) is 1. The summed E-state index contributed by atoms with van der Waals surface area (Å²) < 4.78 is 11.0. The molecule has 0 saturated carbocycles. The molecule has 1 unspecified atom stereocenters. The third kappa shape index (κ3) is 4.36. The highest BCUT2D eigenvalue weighted by atomic mass is 16.5. The van der Waals surface area contributed by atoms with Crippen LogP contribution in [-0.4, -0.2) is 36.2 Å². The summed E-state index contributed by atoms with van der Waals surface area (Å²) in [5, 5.41) is 6.89. The zero-order valence-corrected chi connectivity index (χ0v) is 11.9. The van der Waals surface area contributed by atoms with Gasteiger partial charge in [-0.1, -0.05) is 18.2 Å². The smallest absolute Gasteiger partial charge is 0.290 e. The fourth-order valence-corrected chi connectivity index (χ4v) is 2.46. The van der Waals surface area contributed by atoms with Crippen molar-refractivity contribution < 1.29 is 19.1 Å². The normalized spacial score (nSPS) is 15.8. The highest BCUT2D eigenvalue weighted by molar-refractivity contribution is 5.37. The summed E-state index contributed by atoms with van der Waals surface area (Å²) in [6, 6.07) is 10.3. The molecule has 112 valence electrons. The van der Waals surface area contributed by atoms with Crippen LogP contribution in [0.3, 0.4) is 0 Å². The van der Waals surface area contributed by atoms with Gasteiger partial charge in [0.15, 0.2) is 0 Å². The average Bonchev–Trinajstić information content (AvgIpc) is 3.07. The van der Waals surface area contributed by atoms with Gasteiger partial charge in [-0.25, -0.2) is 0 Å². The van der Waals surface area contributed by atoms with Gasteiger partial charge in [0, 0.05) is 25.1 Å². The molecule has 1 N–H and O–H groups in total. The number of carboxylic acid groups (broad SMARTS) is 1. The molecule has 0 saturated heterocycles. The lowest BCUT2D eigenvalue weighted by Gasteiger charge is -2.20. The number of rotatable bonds is 4. The van der Waals surface area contributed by atoms with Crippen molar-refractivity contribution in [3.05, 3.63) is 54.0 Å². The summed E-state index contributed by atoms with van der Waals surface area (Å²) in [4.78, 5) is 10.6. The summed E-state index contributed by atoms with van der Waals surface area (Å²) in [6.07, 6.45) is 4.77. The van der Waals surface area contributed by atoms with Gasteiger partial charge < -0.3 is 14.3 Å². The predicted octanol–water partition coefficient (Wildman–Crippen LogP) is 2.42. The van der Waals surface area contributed by atoms with Crippen LogP contribution in [0.1, 0.15) is 11.1 Å². The van der Waals surface area contributed by atoms with E-state index in [-0.39, 0.29) is 12.6 Å². The van der Waals surface area contributed by atoms with E-state index in [2.05, 4.69) is 24.1 Å². The van der Waals surface area contributed by atoms with Gasteiger partial charge in [-0.05, 0) is 24.7 Å². The Morgan fingerprint density at radius 3 is 2.81 bits per heavy atom. The summed E-state index contributed by atoms with van der Waals surface area (Å²) in [5.74, 6) is 1.04. The van der Waals surface area contributed by atoms with Crippen molar-refractivity contribution in [2.24, 2.45) is 0 Å². The monoisotopic (exact) mass is 289 g/mol. The second kappa shape index (κ2) is 7.50. The Balaban J connectivity index is 0.000000497. The molecule has 1 aliphatic heterocycles. The summed E-state index contributed by atoms with van der Waals surface area (Å²) in [5.41, 5.74) is 2.52. The molecule has 5 heteroatoms. The minimum absolute atomic E-state index is 0.250. The SMILES string of the molecule is CN(Cc1ccoc1)CC1Cc2ccccc2O1.O=CO. The molecule has 1 atom stereocenters. The number of carbonyl (C=O) groups is 1. The Kier molecular flexibility index (Phi) is 5.40. The first-order chi connectivity index (χ1) is 10.2. The van der Waals surface area contributed by atoms with Gasteiger partial charge in [0.25, 0.3) is 6.47 Å². The Bertz CT molecular complexity index is 528. The van der Waals surface area contributed by atoms with Gasteiger partial charge in [-0.2, -0.15) is 0 Å². The molecular weight excluding hydrogens is 270 g/mol. The van der Waals surface area contributed by atoms with E-state index in [1.54, 1.807) is 12.5 Å². The third-order valence-corrected chi connectivity index (χ3v) is 3.26. The fraction of sp³-hybridized carbons (Fsp3) is 0.312. The van der Waals surface area contributed by atoms with Crippen LogP contribution in [0.15, 0.2) is 47.3 Å². The van der Waals surface area contributed by atoms with Gasteiger partial charge in [-0.15, -0.1) is 0 Å². The maximum absolute atomic E-state index is 8.36. The van der Waals surface area contributed by atoms with Crippen molar-refractivity contribution in [1.29, 1.82) is 0 Å². The number of ether oxygens (including phenoxy) is 1. The second-order valence-electron chi connectivity index (χ2n) is 4.99. The molecule has 0 bridgehead atoms. The van der Waals surface area contributed by atoms with E-state index in [4.69, 9.17) is 19.1 Å². The number of hydrogen-bond acceptors (Lipinski definition) is 4. The van der Waals surface area contributed by atoms with Crippen LogP contribution in [0.4, 0.5) is 0 Å². The number of nitrogens with zero attached hydrogens (tertiary/aromatic N) is 1. The van der Waals surface area contributed by atoms with E-state index < -0.39 is 0 Å². The molecule has 0 amide bonds. The molecule has 1 aromatic heterocycles. The van der Waals surface area contributed by atoms with Gasteiger partial charge in [0.2, 0.25) is 0 Å². The van der Waals surface area contributed by atoms with Crippen LogP contribution in [0.2, 0.25) is 0 Å². The van der Waals surface area contributed by atoms with Crippen LogP contribution in [-0.2, 0) is 17.8 Å². The lowest BCUT2D eigenvalue weighted by molar-refractivity contribution is -0.122. The summed E-state index contributed by atoms with van der Waals surface area (Å²) in [7, 11) is 2.11. The van der Waals surface area contributed by atoms with E-state index in [1.807, 2.05) is 18.2 Å². The molecule has 1 aliphatic rings. The lowest BCUT2D eigenvalue weighted by atomic mass is 10.1. The molecule has 0 spiro atoms. The third-order valence-electron chi connectivity index (χ3n) is 3.26. The van der Waals surface area contributed by atoms with Crippen molar-refractivity contribution in [1.82, 2.24) is 4.90 Å². The number of para-hydroxylation sites is 1. The van der Waals surface area contributed by atoms with Crippen molar-refractivity contribution in [3.63, 3.8) is 0 Å². The number of fused-ring (bicyclic) bond motifs is 1. The first-order valence-electron chi connectivity index (χ1n) is 6.75. The predicted molar refractivity (Wildman–Crippen MR) is 78.3 cm³/mol.